The first-order valence-electron chi connectivity index (χ1n) is 8.90. The van der Waals surface area contributed by atoms with Gasteiger partial charge in [0.1, 0.15) is 12.7 Å². The average Bonchev–Trinajstić information content (AvgIpc) is 3.13. The van der Waals surface area contributed by atoms with E-state index in [9.17, 15) is 8.42 Å². The molecule has 1 aliphatic rings. The predicted molar refractivity (Wildman–Crippen MR) is 102 cm³/mol. The Bertz CT molecular complexity index is 1050. The van der Waals surface area contributed by atoms with Gasteiger partial charge in [-0.1, -0.05) is 12.1 Å². The van der Waals surface area contributed by atoms with Crippen LogP contribution in [0.2, 0.25) is 0 Å². The zero-order valence-electron chi connectivity index (χ0n) is 15.3. The largest absolute Gasteiger partial charge is 0.490 e. The van der Waals surface area contributed by atoms with Gasteiger partial charge in [0, 0.05) is 18.5 Å². The molecular weight excluding hydrogens is 380 g/mol. The maximum absolute atomic E-state index is 12.8. The molecule has 1 N–H and O–H groups in total. The van der Waals surface area contributed by atoms with Crippen LogP contribution in [0, 0.1) is 0 Å². The summed E-state index contributed by atoms with van der Waals surface area (Å²) in [5, 5.41) is 4.07. The molecule has 0 aliphatic carbocycles. The summed E-state index contributed by atoms with van der Waals surface area (Å²) in [7, 11) is -3.72. The van der Waals surface area contributed by atoms with Gasteiger partial charge < -0.3 is 9.47 Å². The van der Waals surface area contributed by atoms with Gasteiger partial charge in [-0.05, 0) is 36.8 Å². The molecule has 8 nitrogen and oxygen atoms in total. The maximum Gasteiger partial charge on any atom is 0.241 e. The molecule has 146 valence electrons. The van der Waals surface area contributed by atoms with Crippen molar-refractivity contribution < 1.29 is 17.9 Å². The van der Waals surface area contributed by atoms with Crippen molar-refractivity contribution in [1.29, 1.82) is 0 Å². The maximum atomic E-state index is 12.8. The van der Waals surface area contributed by atoms with Crippen LogP contribution < -0.4 is 14.2 Å². The standard InChI is InChI=1S/C19H20N4O4S/c1-14(15-3-5-16(6-4-15)23-13-20-12-21-23)22-28(24,25)17-7-8-18-19(11-17)27-10-2-9-26-18/h3-8,11-14,22H,2,9-10H2,1H3/t14-/m1/s1. The van der Waals surface area contributed by atoms with Gasteiger partial charge in [0.05, 0.1) is 23.8 Å². The number of hydrogen-bond donors (Lipinski definition) is 1. The first kappa shape index (κ1) is 18.5. The Labute approximate surface area is 163 Å². The Hall–Kier alpha value is -2.91. The van der Waals surface area contributed by atoms with Gasteiger partial charge in [-0.2, -0.15) is 5.10 Å². The second-order valence-electron chi connectivity index (χ2n) is 6.43. The normalized spacial score (nSPS) is 15.0. The number of nitrogens with one attached hydrogen (secondary N) is 1. The van der Waals surface area contributed by atoms with Crippen molar-refractivity contribution in [1.82, 2.24) is 19.5 Å². The molecule has 0 fully saturated rings. The molecule has 0 saturated carbocycles. The van der Waals surface area contributed by atoms with Crippen LogP contribution >= 0.6 is 0 Å². The molecule has 4 rings (SSSR count). The lowest BCUT2D eigenvalue weighted by Crippen LogP contribution is -2.27. The smallest absolute Gasteiger partial charge is 0.241 e. The van der Waals surface area contributed by atoms with E-state index in [1.165, 1.54) is 18.5 Å². The fourth-order valence-electron chi connectivity index (χ4n) is 2.94. The van der Waals surface area contributed by atoms with Crippen LogP contribution in [0.5, 0.6) is 11.5 Å². The lowest BCUT2D eigenvalue weighted by atomic mass is 10.1. The van der Waals surface area contributed by atoms with Crippen molar-refractivity contribution in [3.05, 3.63) is 60.7 Å². The number of nitrogens with zero attached hydrogens (tertiary/aromatic N) is 3. The van der Waals surface area contributed by atoms with E-state index in [1.54, 1.807) is 24.0 Å². The zero-order valence-corrected chi connectivity index (χ0v) is 16.1. The summed E-state index contributed by atoms with van der Waals surface area (Å²) >= 11 is 0. The van der Waals surface area contributed by atoms with E-state index in [-0.39, 0.29) is 4.90 Å². The minimum absolute atomic E-state index is 0.142. The molecule has 1 atom stereocenters. The van der Waals surface area contributed by atoms with Gasteiger partial charge in [0.15, 0.2) is 11.5 Å². The molecule has 3 aromatic rings. The number of sulfonamides is 1. The van der Waals surface area contributed by atoms with Crippen LogP contribution in [-0.2, 0) is 10.0 Å². The Kier molecular flexibility index (Phi) is 5.01. The quantitative estimate of drug-likeness (QED) is 0.707. The number of ether oxygens (including phenoxy) is 2. The van der Waals surface area contributed by atoms with Crippen LogP contribution in [0.15, 0.2) is 60.0 Å². The van der Waals surface area contributed by atoms with Crippen molar-refractivity contribution in [2.24, 2.45) is 0 Å². The number of benzene rings is 2. The highest BCUT2D eigenvalue weighted by atomic mass is 32.2. The summed E-state index contributed by atoms with van der Waals surface area (Å²) in [4.78, 5) is 4.06. The second-order valence-corrected chi connectivity index (χ2v) is 8.15. The lowest BCUT2D eigenvalue weighted by Gasteiger charge is -2.16. The van der Waals surface area contributed by atoms with Gasteiger partial charge in [-0.3, -0.25) is 0 Å². The minimum atomic E-state index is -3.72. The molecule has 0 bridgehead atoms. The fraction of sp³-hybridized carbons (Fsp3) is 0.263. The summed E-state index contributed by atoms with van der Waals surface area (Å²) in [6.45, 7) is 2.85. The van der Waals surface area contributed by atoms with E-state index in [1.807, 2.05) is 24.3 Å². The van der Waals surface area contributed by atoms with Crippen LogP contribution in [0.1, 0.15) is 24.9 Å². The van der Waals surface area contributed by atoms with Crippen LogP contribution in [0.25, 0.3) is 5.69 Å². The van der Waals surface area contributed by atoms with Gasteiger partial charge in [0.2, 0.25) is 10.0 Å². The van der Waals surface area contributed by atoms with Crippen LogP contribution in [-0.4, -0.2) is 36.4 Å². The number of aromatic nitrogens is 3. The summed E-state index contributed by atoms with van der Waals surface area (Å²) < 4.78 is 41.1. The third-order valence-electron chi connectivity index (χ3n) is 4.44. The fourth-order valence-corrected chi connectivity index (χ4v) is 4.18. The van der Waals surface area contributed by atoms with E-state index >= 15 is 0 Å². The molecule has 28 heavy (non-hydrogen) atoms. The van der Waals surface area contributed by atoms with Crippen molar-refractivity contribution in [3.63, 3.8) is 0 Å². The molecule has 0 unspecified atom stereocenters. The molecular formula is C19H20N4O4S. The first-order valence-corrected chi connectivity index (χ1v) is 10.4. The van der Waals surface area contributed by atoms with Crippen molar-refractivity contribution in [3.8, 4) is 17.2 Å². The van der Waals surface area contributed by atoms with E-state index in [0.717, 1.165) is 17.7 Å². The zero-order chi connectivity index (χ0) is 19.6. The highest BCUT2D eigenvalue weighted by Crippen LogP contribution is 2.32. The third-order valence-corrected chi connectivity index (χ3v) is 5.98. The summed E-state index contributed by atoms with van der Waals surface area (Å²) in [5.74, 6) is 1.01. The highest BCUT2D eigenvalue weighted by molar-refractivity contribution is 7.89. The lowest BCUT2D eigenvalue weighted by molar-refractivity contribution is 0.297. The van der Waals surface area contributed by atoms with E-state index in [4.69, 9.17) is 9.47 Å². The average molecular weight is 400 g/mol. The molecule has 0 saturated heterocycles. The van der Waals surface area contributed by atoms with E-state index in [2.05, 4.69) is 14.8 Å². The van der Waals surface area contributed by atoms with Crippen LogP contribution in [0.3, 0.4) is 0 Å². The highest BCUT2D eigenvalue weighted by Gasteiger charge is 2.21. The summed E-state index contributed by atoms with van der Waals surface area (Å²) in [6.07, 6.45) is 3.82. The Morgan fingerprint density at radius 2 is 1.82 bits per heavy atom. The molecule has 9 heteroatoms. The van der Waals surface area contributed by atoms with Gasteiger partial charge in [-0.15, -0.1) is 0 Å². The van der Waals surface area contributed by atoms with Gasteiger partial charge in [0.25, 0.3) is 0 Å². The second kappa shape index (κ2) is 7.61. The molecule has 0 amide bonds. The van der Waals surface area contributed by atoms with Crippen molar-refractivity contribution >= 4 is 10.0 Å². The first-order chi connectivity index (χ1) is 13.5. The molecule has 2 heterocycles. The van der Waals surface area contributed by atoms with Gasteiger partial charge >= 0.3 is 0 Å². The Morgan fingerprint density at radius 1 is 1.07 bits per heavy atom. The summed E-state index contributed by atoms with van der Waals surface area (Å²) in [6, 6.07) is 11.7. The monoisotopic (exact) mass is 400 g/mol. The number of fused-ring (bicyclic) bond motifs is 1. The van der Waals surface area contributed by atoms with E-state index < -0.39 is 16.1 Å². The molecule has 0 radical (unpaired) electrons. The van der Waals surface area contributed by atoms with E-state index in [0.29, 0.717) is 24.7 Å². The van der Waals surface area contributed by atoms with Crippen molar-refractivity contribution in [2.75, 3.05) is 13.2 Å². The Balaban J connectivity index is 1.52. The molecule has 1 aromatic heterocycles. The summed E-state index contributed by atoms with van der Waals surface area (Å²) in [5.41, 5.74) is 1.68. The SMILES string of the molecule is C[C@@H](NS(=O)(=O)c1ccc2c(c1)OCCCO2)c1ccc(-n2cncn2)cc1. The minimum Gasteiger partial charge on any atom is -0.490 e. The Morgan fingerprint density at radius 3 is 2.54 bits per heavy atom. The number of rotatable bonds is 5. The van der Waals surface area contributed by atoms with Crippen molar-refractivity contribution in [2.45, 2.75) is 24.3 Å². The van der Waals surface area contributed by atoms with Crippen LogP contribution in [0.4, 0.5) is 0 Å². The molecule has 0 spiro atoms. The number of hydrogen-bond acceptors (Lipinski definition) is 6. The molecule has 2 aromatic carbocycles. The topological polar surface area (TPSA) is 95.3 Å². The third kappa shape index (κ3) is 3.85. The van der Waals surface area contributed by atoms with Gasteiger partial charge in [-0.25, -0.2) is 22.8 Å². The molecule has 1 aliphatic heterocycles. The predicted octanol–water partition coefficient (Wildman–Crippen LogP) is 2.47.